The molecule has 1 saturated carbocycles. The van der Waals surface area contributed by atoms with E-state index in [1.165, 1.54) is 18.3 Å². The second kappa shape index (κ2) is 8.56. The highest BCUT2D eigenvalue weighted by molar-refractivity contribution is 5.98. The van der Waals surface area contributed by atoms with E-state index < -0.39 is 18.3 Å². The zero-order valence-corrected chi connectivity index (χ0v) is 13.7. The van der Waals surface area contributed by atoms with E-state index in [4.69, 9.17) is 5.73 Å². The number of nitrogens with one attached hydrogen (secondary N) is 1. The monoisotopic (exact) mass is 375 g/mol. The predicted molar refractivity (Wildman–Crippen MR) is 84.3 cm³/mol. The molecule has 1 aliphatic carbocycles. The number of hydrogen-bond donors (Lipinski definition) is 2. The number of hydrogen-bond acceptors (Lipinski definition) is 4. The van der Waals surface area contributed by atoms with Crippen LogP contribution in [-0.4, -0.2) is 29.2 Å². The summed E-state index contributed by atoms with van der Waals surface area (Å²) >= 11 is 0. The van der Waals surface area contributed by atoms with Crippen LogP contribution in [0.1, 0.15) is 25.7 Å². The number of alkyl halides is 3. The Kier molecular flexibility index (Phi) is 8.09. The summed E-state index contributed by atoms with van der Waals surface area (Å²) in [5.41, 5.74) is 5.50. The fourth-order valence-corrected chi connectivity index (χ4v) is 2.18. The lowest BCUT2D eigenvalue weighted by Crippen LogP contribution is -2.48. The third kappa shape index (κ3) is 6.40. The predicted octanol–water partition coefficient (Wildman–Crippen LogP) is 3.08. The second-order valence-corrected chi connectivity index (χ2v) is 5.11. The van der Waals surface area contributed by atoms with Crippen molar-refractivity contribution in [3.05, 3.63) is 18.3 Å². The maximum absolute atomic E-state index is 12.0. The summed E-state index contributed by atoms with van der Waals surface area (Å²) in [4.78, 5) is 15.7. The molecule has 0 atom stereocenters. The molecule has 1 aliphatic rings. The van der Waals surface area contributed by atoms with Gasteiger partial charge in [0.1, 0.15) is 0 Å². The molecule has 3 N–H and O–H groups in total. The molecular formula is C13H18Cl2F3N3O2. The van der Waals surface area contributed by atoms with Gasteiger partial charge in [0, 0.05) is 6.07 Å². The molecule has 0 saturated heterocycles. The van der Waals surface area contributed by atoms with Crippen LogP contribution in [0.3, 0.4) is 0 Å². The lowest BCUT2D eigenvalue weighted by atomic mass is 9.98. The van der Waals surface area contributed by atoms with Crippen LogP contribution in [0.4, 0.5) is 18.9 Å². The van der Waals surface area contributed by atoms with Crippen molar-refractivity contribution in [1.82, 2.24) is 4.98 Å². The molecule has 0 spiro atoms. The number of ether oxygens (including phenoxy) is 1. The molecule has 2 rings (SSSR count). The Bertz CT molecular complexity index is 506. The molecule has 0 bridgehead atoms. The van der Waals surface area contributed by atoms with Crippen molar-refractivity contribution in [2.24, 2.45) is 5.73 Å². The van der Waals surface area contributed by atoms with Gasteiger partial charge in [0.25, 0.3) is 0 Å². The van der Waals surface area contributed by atoms with Crippen molar-refractivity contribution in [3.8, 4) is 5.88 Å². The topological polar surface area (TPSA) is 77.2 Å². The van der Waals surface area contributed by atoms with E-state index in [0.29, 0.717) is 18.5 Å². The molecule has 132 valence electrons. The van der Waals surface area contributed by atoms with Crippen molar-refractivity contribution >= 4 is 36.4 Å². The van der Waals surface area contributed by atoms with Gasteiger partial charge in [-0.1, -0.05) is 12.8 Å². The van der Waals surface area contributed by atoms with Gasteiger partial charge in [-0.25, -0.2) is 4.98 Å². The number of anilines is 1. The third-order valence-corrected chi connectivity index (χ3v) is 3.33. The normalized spacial score (nSPS) is 16.0. The maximum Gasteiger partial charge on any atom is 0.422 e. The first-order valence-corrected chi connectivity index (χ1v) is 6.54. The highest BCUT2D eigenvalue weighted by Crippen LogP contribution is 2.28. The molecule has 5 nitrogen and oxygen atoms in total. The van der Waals surface area contributed by atoms with Gasteiger partial charge in [-0.2, -0.15) is 13.2 Å². The van der Waals surface area contributed by atoms with E-state index in [9.17, 15) is 18.0 Å². The van der Waals surface area contributed by atoms with Crippen LogP contribution in [0.5, 0.6) is 5.88 Å². The van der Waals surface area contributed by atoms with E-state index >= 15 is 0 Å². The SMILES string of the molecule is Cl.Cl.NC1(C(=O)Nc2ccc(OCC(F)(F)F)nc2)CCCC1. The summed E-state index contributed by atoms with van der Waals surface area (Å²) in [6.07, 6.45) is -0.109. The average Bonchev–Trinajstić information content (AvgIpc) is 2.85. The first-order valence-electron chi connectivity index (χ1n) is 6.54. The van der Waals surface area contributed by atoms with Gasteiger partial charge in [-0.15, -0.1) is 24.8 Å². The van der Waals surface area contributed by atoms with Crippen LogP contribution in [0.15, 0.2) is 18.3 Å². The molecule has 0 radical (unpaired) electrons. The van der Waals surface area contributed by atoms with Crippen LogP contribution >= 0.6 is 24.8 Å². The maximum atomic E-state index is 12.0. The number of pyridine rings is 1. The molecule has 0 aromatic carbocycles. The Balaban J connectivity index is 0.00000242. The summed E-state index contributed by atoms with van der Waals surface area (Å²) < 4.78 is 40.4. The number of amides is 1. The molecule has 1 heterocycles. The fourth-order valence-electron chi connectivity index (χ4n) is 2.18. The highest BCUT2D eigenvalue weighted by atomic mass is 35.5. The number of nitrogens with two attached hydrogens (primary N) is 1. The summed E-state index contributed by atoms with van der Waals surface area (Å²) in [6.45, 7) is -1.41. The van der Waals surface area contributed by atoms with Crippen LogP contribution in [0.25, 0.3) is 0 Å². The first-order chi connectivity index (χ1) is 9.78. The summed E-state index contributed by atoms with van der Waals surface area (Å²) in [5.74, 6) is -0.459. The molecule has 0 aliphatic heterocycles. The van der Waals surface area contributed by atoms with Gasteiger partial charge >= 0.3 is 6.18 Å². The number of carbonyl (C=O) groups is 1. The molecule has 1 amide bonds. The van der Waals surface area contributed by atoms with Crippen LogP contribution in [0, 0.1) is 0 Å². The second-order valence-electron chi connectivity index (χ2n) is 5.11. The van der Waals surface area contributed by atoms with Crippen molar-refractivity contribution in [2.45, 2.75) is 37.4 Å². The lowest BCUT2D eigenvalue weighted by molar-refractivity contribution is -0.154. The molecule has 1 aromatic heterocycles. The van der Waals surface area contributed by atoms with Gasteiger partial charge in [0.05, 0.1) is 17.4 Å². The lowest BCUT2D eigenvalue weighted by Gasteiger charge is -2.22. The minimum atomic E-state index is -4.41. The van der Waals surface area contributed by atoms with Crippen LogP contribution < -0.4 is 15.8 Å². The molecule has 0 unspecified atom stereocenters. The average molecular weight is 376 g/mol. The number of halogens is 5. The Labute approximate surface area is 144 Å². The minimum Gasteiger partial charge on any atom is -0.468 e. The van der Waals surface area contributed by atoms with Crippen molar-refractivity contribution < 1.29 is 22.7 Å². The Hall–Kier alpha value is -1.25. The van der Waals surface area contributed by atoms with Gasteiger partial charge in [-0.3, -0.25) is 4.79 Å². The van der Waals surface area contributed by atoms with E-state index in [0.717, 1.165) is 12.8 Å². The fraction of sp³-hybridized carbons (Fsp3) is 0.538. The smallest absolute Gasteiger partial charge is 0.422 e. The largest absolute Gasteiger partial charge is 0.468 e. The van der Waals surface area contributed by atoms with Gasteiger partial charge in [0.15, 0.2) is 6.61 Å². The molecule has 23 heavy (non-hydrogen) atoms. The third-order valence-electron chi connectivity index (χ3n) is 3.33. The molecule has 1 aromatic rings. The Morgan fingerprint density at radius 1 is 1.30 bits per heavy atom. The van der Waals surface area contributed by atoms with E-state index in [2.05, 4.69) is 15.0 Å². The zero-order chi connectivity index (χ0) is 15.5. The van der Waals surface area contributed by atoms with Crippen LogP contribution in [0.2, 0.25) is 0 Å². The Morgan fingerprint density at radius 2 is 1.91 bits per heavy atom. The molecule has 10 heteroatoms. The van der Waals surface area contributed by atoms with E-state index in [1.807, 2.05) is 0 Å². The number of aromatic nitrogens is 1. The number of nitrogens with zero attached hydrogens (tertiary/aromatic N) is 1. The molecular weight excluding hydrogens is 358 g/mol. The first kappa shape index (κ1) is 21.8. The quantitative estimate of drug-likeness (QED) is 0.847. The van der Waals surface area contributed by atoms with Gasteiger partial charge in [-0.05, 0) is 18.9 Å². The summed E-state index contributed by atoms with van der Waals surface area (Å²) in [5, 5.41) is 2.62. The zero-order valence-electron chi connectivity index (χ0n) is 12.1. The van der Waals surface area contributed by atoms with Crippen molar-refractivity contribution in [2.75, 3.05) is 11.9 Å². The highest BCUT2D eigenvalue weighted by Gasteiger charge is 2.37. The number of rotatable bonds is 4. The minimum absolute atomic E-state index is 0. The van der Waals surface area contributed by atoms with Crippen molar-refractivity contribution in [1.29, 1.82) is 0 Å². The van der Waals surface area contributed by atoms with Gasteiger partial charge in [0.2, 0.25) is 11.8 Å². The standard InChI is InChI=1S/C13H16F3N3O2.2ClH/c14-13(15,16)8-21-10-4-3-9(7-18-10)19-11(20)12(17)5-1-2-6-12;;/h3-4,7H,1-2,5-6,8,17H2,(H,19,20);2*1H. The Morgan fingerprint density at radius 3 is 2.39 bits per heavy atom. The van der Waals surface area contributed by atoms with E-state index in [1.54, 1.807) is 0 Å². The van der Waals surface area contributed by atoms with Gasteiger partial charge < -0.3 is 15.8 Å². The van der Waals surface area contributed by atoms with E-state index in [-0.39, 0.29) is 36.6 Å². The van der Waals surface area contributed by atoms with Crippen molar-refractivity contribution in [3.63, 3.8) is 0 Å². The summed E-state index contributed by atoms with van der Waals surface area (Å²) in [6, 6.07) is 2.69. The summed E-state index contributed by atoms with van der Waals surface area (Å²) in [7, 11) is 0. The molecule has 1 fully saturated rings. The number of carbonyl (C=O) groups excluding carboxylic acids is 1. The van der Waals surface area contributed by atoms with Crippen LogP contribution in [-0.2, 0) is 4.79 Å².